The average molecular weight is 272 g/mol. The number of nitrogens with zero attached hydrogens (tertiary/aromatic N) is 3. The van der Waals surface area contributed by atoms with Gasteiger partial charge in [-0.3, -0.25) is 9.78 Å². The number of aliphatic carboxylic acids is 1. The molecule has 2 aromatic heterocycles. The van der Waals surface area contributed by atoms with Crippen LogP contribution >= 0.6 is 0 Å². The van der Waals surface area contributed by atoms with Gasteiger partial charge >= 0.3 is 5.97 Å². The Morgan fingerprint density at radius 1 is 1.30 bits per heavy atom. The number of carboxylic acid groups (broad SMARTS) is 1. The fourth-order valence-electron chi connectivity index (χ4n) is 1.70. The van der Waals surface area contributed by atoms with Crippen LogP contribution in [-0.4, -0.2) is 32.6 Å². The molecular weight excluding hydrogens is 256 g/mol. The Labute approximate surface area is 116 Å². The maximum atomic E-state index is 10.5. The van der Waals surface area contributed by atoms with Crippen LogP contribution in [0.2, 0.25) is 0 Å². The molecule has 6 heteroatoms. The Balaban J connectivity index is 2.28. The minimum Gasteiger partial charge on any atom is -0.481 e. The van der Waals surface area contributed by atoms with Crippen LogP contribution in [-0.2, 0) is 4.79 Å². The third-order valence-electron chi connectivity index (χ3n) is 2.91. The lowest BCUT2D eigenvalue weighted by Crippen LogP contribution is -2.11. The fourth-order valence-corrected chi connectivity index (χ4v) is 1.70. The third-order valence-corrected chi connectivity index (χ3v) is 2.91. The molecule has 0 amide bonds. The number of hydrogen-bond acceptors (Lipinski definition) is 5. The average Bonchev–Trinajstić information content (AvgIpc) is 2.44. The molecule has 0 saturated carbocycles. The van der Waals surface area contributed by atoms with Crippen LogP contribution in [0.25, 0.3) is 11.5 Å². The first-order valence-corrected chi connectivity index (χ1v) is 6.30. The molecular formula is C14H16N4O2. The van der Waals surface area contributed by atoms with Crippen LogP contribution in [0.5, 0.6) is 0 Å². The molecule has 0 aliphatic rings. The second kappa shape index (κ2) is 6.10. The van der Waals surface area contributed by atoms with Crippen molar-refractivity contribution in [3.63, 3.8) is 0 Å². The minimum atomic E-state index is -0.842. The number of aromatic nitrogens is 3. The molecule has 0 unspecified atom stereocenters. The molecule has 0 aromatic carbocycles. The topological polar surface area (TPSA) is 88.0 Å². The second-order valence-electron chi connectivity index (χ2n) is 4.39. The van der Waals surface area contributed by atoms with Crippen LogP contribution in [0, 0.1) is 13.8 Å². The standard InChI is InChI=1S/C14H16N4O2/c1-9-10(2)17-14(11-5-3-4-7-15-11)18-13(9)16-8-6-12(19)20/h3-5,7H,6,8H2,1-2H3,(H,19,20)(H,16,17,18). The van der Waals surface area contributed by atoms with Crippen molar-refractivity contribution in [2.45, 2.75) is 20.3 Å². The molecule has 0 radical (unpaired) electrons. The molecule has 20 heavy (non-hydrogen) atoms. The molecule has 0 fully saturated rings. The van der Waals surface area contributed by atoms with Crippen LogP contribution < -0.4 is 5.32 Å². The van der Waals surface area contributed by atoms with Gasteiger partial charge in [-0.1, -0.05) is 6.07 Å². The summed E-state index contributed by atoms with van der Waals surface area (Å²) in [6.45, 7) is 4.13. The highest BCUT2D eigenvalue weighted by Gasteiger charge is 2.10. The van der Waals surface area contributed by atoms with Crippen molar-refractivity contribution in [3.05, 3.63) is 35.7 Å². The largest absolute Gasteiger partial charge is 0.481 e. The molecule has 104 valence electrons. The van der Waals surface area contributed by atoms with Crippen molar-refractivity contribution in [3.8, 4) is 11.5 Å². The Hall–Kier alpha value is -2.50. The van der Waals surface area contributed by atoms with E-state index in [1.165, 1.54) is 0 Å². The van der Waals surface area contributed by atoms with Gasteiger partial charge in [0.1, 0.15) is 11.5 Å². The summed E-state index contributed by atoms with van der Waals surface area (Å²) in [7, 11) is 0. The van der Waals surface area contributed by atoms with E-state index in [1.54, 1.807) is 6.20 Å². The summed E-state index contributed by atoms with van der Waals surface area (Å²) in [6.07, 6.45) is 1.73. The van der Waals surface area contributed by atoms with Gasteiger partial charge in [0.15, 0.2) is 5.82 Å². The lowest BCUT2D eigenvalue weighted by atomic mass is 10.2. The fraction of sp³-hybridized carbons (Fsp3) is 0.286. The summed E-state index contributed by atoms with van der Waals surface area (Å²) in [6, 6.07) is 5.54. The Kier molecular flexibility index (Phi) is 4.24. The van der Waals surface area contributed by atoms with Gasteiger partial charge in [-0.05, 0) is 26.0 Å². The smallest absolute Gasteiger partial charge is 0.305 e. The third kappa shape index (κ3) is 3.28. The zero-order valence-corrected chi connectivity index (χ0v) is 11.4. The monoisotopic (exact) mass is 272 g/mol. The first kappa shape index (κ1) is 13.9. The summed E-state index contributed by atoms with van der Waals surface area (Å²) in [5, 5.41) is 11.7. The van der Waals surface area contributed by atoms with Gasteiger partial charge < -0.3 is 10.4 Å². The van der Waals surface area contributed by atoms with E-state index in [0.717, 1.165) is 11.3 Å². The van der Waals surface area contributed by atoms with Gasteiger partial charge in [0.05, 0.1) is 6.42 Å². The molecule has 6 nitrogen and oxygen atoms in total. The summed E-state index contributed by atoms with van der Waals surface area (Å²) >= 11 is 0. The van der Waals surface area contributed by atoms with Gasteiger partial charge in [0.25, 0.3) is 0 Å². The summed E-state index contributed by atoms with van der Waals surface area (Å²) in [5.41, 5.74) is 2.45. The first-order chi connectivity index (χ1) is 9.58. The predicted molar refractivity (Wildman–Crippen MR) is 75.5 cm³/mol. The molecule has 2 rings (SSSR count). The first-order valence-electron chi connectivity index (χ1n) is 6.30. The molecule has 0 bridgehead atoms. The summed E-state index contributed by atoms with van der Waals surface area (Å²) < 4.78 is 0. The van der Waals surface area contributed by atoms with Gasteiger partial charge in [-0.15, -0.1) is 0 Å². The normalized spacial score (nSPS) is 10.3. The summed E-state index contributed by atoms with van der Waals surface area (Å²) in [4.78, 5) is 23.6. The van der Waals surface area contributed by atoms with E-state index < -0.39 is 5.97 Å². The lowest BCUT2D eigenvalue weighted by molar-refractivity contribution is -0.136. The van der Waals surface area contributed by atoms with Crippen LogP contribution in [0.15, 0.2) is 24.4 Å². The van der Waals surface area contributed by atoms with Gasteiger partial charge in [-0.2, -0.15) is 0 Å². The molecule has 0 spiro atoms. The maximum Gasteiger partial charge on any atom is 0.305 e. The number of carbonyl (C=O) groups is 1. The van der Waals surface area contributed by atoms with Gasteiger partial charge in [0.2, 0.25) is 0 Å². The SMILES string of the molecule is Cc1nc(-c2ccccn2)nc(NCCC(=O)O)c1C. The molecule has 2 N–H and O–H groups in total. The van der Waals surface area contributed by atoms with E-state index in [9.17, 15) is 4.79 Å². The minimum absolute atomic E-state index is 0.0431. The number of pyridine rings is 1. The van der Waals surface area contributed by atoms with E-state index in [2.05, 4.69) is 20.3 Å². The number of hydrogen-bond donors (Lipinski definition) is 2. The molecule has 2 heterocycles. The van der Waals surface area contributed by atoms with Crippen molar-refractivity contribution in [1.29, 1.82) is 0 Å². The van der Waals surface area contributed by atoms with Gasteiger partial charge in [-0.25, -0.2) is 9.97 Å². The molecule has 0 saturated heterocycles. The maximum absolute atomic E-state index is 10.5. The number of anilines is 1. The van der Waals surface area contributed by atoms with E-state index in [0.29, 0.717) is 23.9 Å². The number of rotatable bonds is 5. The van der Waals surface area contributed by atoms with Crippen LogP contribution in [0.4, 0.5) is 5.82 Å². The van der Waals surface area contributed by atoms with E-state index >= 15 is 0 Å². The molecule has 0 aliphatic carbocycles. The Bertz CT molecular complexity index is 614. The lowest BCUT2D eigenvalue weighted by Gasteiger charge is -2.11. The van der Waals surface area contributed by atoms with Crippen molar-refractivity contribution in [2.75, 3.05) is 11.9 Å². The molecule has 2 aromatic rings. The zero-order chi connectivity index (χ0) is 14.5. The highest BCUT2D eigenvalue weighted by atomic mass is 16.4. The number of carboxylic acids is 1. The number of nitrogens with one attached hydrogen (secondary N) is 1. The molecule has 0 atom stereocenters. The zero-order valence-electron chi connectivity index (χ0n) is 11.4. The van der Waals surface area contributed by atoms with E-state index in [4.69, 9.17) is 5.11 Å². The summed E-state index contributed by atoms with van der Waals surface area (Å²) in [5.74, 6) is 0.344. The van der Waals surface area contributed by atoms with Crippen LogP contribution in [0.1, 0.15) is 17.7 Å². The quantitative estimate of drug-likeness (QED) is 0.866. The van der Waals surface area contributed by atoms with Crippen molar-refractivity contribution in [2.24, 2.45) is 0 Å². The van der Waals surface area contributed by atoms with Crippen molar-refractivity contribution in [1.82, 2.24) is 15.0 Å². The van der Waals surface area contributed by atoms with Crippen molar-refractivity contribution < 1.29 is 9.90 Å². The highest BCUT2D eigenvalue weighted by Crippen LogP contribution is 2.19. The van der Waals surface area contributed by atoms with Gasteiger partial charge in [0, 0.05) is 24.0 Å². The highest BCUT2D eigenvalue weighted by molar-refractivity contribution is 5.67. The van der Waals surface area contributed by atoms with E-state index in [-0.39, 0.29) is 6.42 Å². The second-order valence-corrected chi connectivity index (χ2v) is 4.39. The molecule has 0 aliphatic heterocycles. The predicted octanol–water partition coefficient (Wildman–Crippen LogP) is 2.04. The Morgan fingerprint density at radius 3 is 2.75 bits per heavy atom. The van der Waals surface area contributed by atoms with Crippen LogP contribution in [0.3, 0.4) is 0 Å². The van der Waals surface area contributed by atoms with Crippen molar-refractivity contribution >= 4 is 11.8 Å². The number of aryl methyl sites for hydroxylation is 1. The van der Waals surface area contributed by atoms with E-state index in [1.807, 2.05) is 32.0 Å². The Morgan fingerprint density at radius 2 is 2.10 bits per heavy atom.